The van der Waals surface area contributed by atoms with Gasteiger partial charge in [-0.15, -0.1) is 0 Å². The number of methoxy groups -OCH3 is 1. The van der Waals surface area contributed by atoms with Crippen molar-refractivity contribution in [2.75, 3.05) is 11.8 Å². The van der Waals surface area contributed by atoms with E-state index in [9.17, 15) is 8.42 Å². The highest BCUT2D eigenvalue weighted by Crippen LogP contribution is 2.27. The van der Waals surface area contributed by atoms with Crippen molar-refractivity contribution in [1.82, 2.24) is 9.97 Å². The van der Waals surface area contributed by atoms with E-state index in [2.05, 4.69) is 14.7 Å². The lowest BCUT2D eigenvalue weighted by Crippen LogP contribution is -2.15. The Bertz CT molecular complexity index is 977. The molecule has 0 saturated heterocycles. The molecule has 0 spiro atoms. The third-order valence-corrected chi connectivity index (χ3v) is 4.76. The first kappa shape index (κ1) is 15.5. The molecule has 1 aromatic heterocycles. The zero-order valence-corrected chi connectivity index (χ0v) is 13.6. The Labute approximate surface area is 138 Å². The first-order chi connectivity index (χ1) is 11.0. The minimum absolute atomic E-state index is 0.00600. The number of sulfonamides is 1. The lowest BCUT2D eigenvalue weighted by atomic mass is 10.3. The van der Waals surface area contributed by atoms with Crippen LogP contribution in [0, 0.1) is 0 Å². The Morgan fingerprint density at radius 2 is 1.61 bits per heavy atom. The van der Waals surface area contributed by atoms with Crippen LogP contribution in [0.3, 0.4) is 0 Å². The van der Waals surface area contributed by atoms with Crippen LogP contribution in [0.15, 0.2) is 53.4 Å². The zero-order valence-electron chi connectivity index (χ0n) is 12.0. The molecule has 2 aromatic carbocycles. The van der Waals surface area contributed by atoms with E-state index in [0.29, 0.717) is 11.0 Å². The topological polar surface area (TPSA) is 81.2 Å². The maximum absolute atomic E-state index is 12.6. The summed E-state index contributed by atoms with van der Waals surface area (Å²) in [5, 5.41) is -0.0258. The molecule has 3 rings (SSSR count). The van der Waals surface area contributed by atoms with Gasteiger partial charge in [0.2, 0.25) is 0 Å². The van der Waals surface area contributed by atoms with E-state index in [1.54, 1.807) is 42.5 Å². The fraction of sp³-hybridized carbons (Fsp3) is 0.0667. The number of aromatic nitrogens is 2. The normalized spacial score (nSPS) is 11.4. The highest BCUT2D eigenvalue weighted by molar-refractivity contribution is 7.92. The monoisotopic (exact) mass is 349 g/mol. The molecule has 6 nitrogen and oxygen atoms in total. The summed E-state index contributed by atoms with van der Waals surface area (Å²) in [6.07, 6.45) is 0. The molecule has 23 heavy (non-hydrogen) atoms. The highest BCUT2D eigenvalue weighted by atomic mass is 35.5. The molecule has 0 aliphatic carbocycles. The summed E-state index contributed by atoms with van der Waals surface area (Å²) in [7, 11) is -2.51. The van der Waals surface area contributed by atoms with Crippen LogP contribution in [0.2, 0.25) is 5.15 Å². The summed E-state index contributed by atoms with van der Waals surface area (Å²) in [4.78, 5) is 8.35. The van der Waals surface area contributed by atoms with Crippen molar-refractivity contribution in [2.45, 2.75) is 4.90 Å². The van der Waals surface area contributed by atoms with Crippen molar-refractivity contribution in [1.29, 1.82) is 0 Å². The van der Waals surface area contributed by atoms with E-state index in [1.807, 2.05) is 0 Å². The Hall–Kier alpha value is -2.38. The molecule has 0 fully saturated rings. The average molecular weight is 350 g/mol. The fourth-order valence-electron chi connectivity index (χ4n) is 2.07. The fourth-order valence-corrected chi connectivity index (χ4v) is 3.48. The molecule has 1 N–H and O–H groups in total. The Balaban J connectivity index is 2.05. The van der Waals surface area contributed by atoms with Gasteiger partial charge in [-0.3, -0.25) is 4.72 Å². The van der Waals surface area contributed by atoms with E-state index in [0.717, 1.165) is 0 Å². The van der Waals surface area contributed by atoms with Gasteiger partial charge in [0.15, 0.2) is 11.0 Å². The molecule has 8 heteroatoms. The van der Waals surface area contributed by atoms with Crippen LogP contribution in [-0.4, -0.2) is 25.5 Å². The number of halogens is 1. The molecule has 0 atom stereocenters. The molecule has 0 saturated carbocycles. The van der Waals surface area contributed by atoms with Crippen LogP contribution in [0.25, 0.3) is 11.0 Å². The molecule has 1 heterocycles. The highest BCUT2D eigenvalue weighted by Gasteiger charge is 2.21. The number of ether oxygens (including phenoxy) is 1. The van der Waals surface area contributed by atoms with Crippen LogP contribution in [0.1, 0.15) is 0 Å². The van der Waals surface area contributed by atoms with Crippen molar-refractivity contribution in [3.8, 4) is 5.75 Å². The van der Waals surface area contributed by atoms with Gasteiger partial charge in [-0.1, -0.05) is 35.9 Å². The largest absolute Gasteiger partial charge is 0.495 e. The van der Waals surface area contributed by atoms with E-state index in [1.165, 1.54) is 13.2 Å². The third-order valence-electron chi connectivity index (χ3n) is 3.12. The van der Waals surface area contributed by atoms with Crippen molar-refractivity contribution >= 4 is 38.5 Å². The Morgan fingerprint density at radius 1 is 1.00 bits per heavy atom. The van der Waals surface area contributed by atoms with Gasteiger partial charge < -0.3 is 4.74 Å². The number of para-hydroxylation sites is 3. The predicted molar refractivity (Wildman–Crippen MR) is 88.4 cm³/mol. The molecule has 0 unspecified atom stereocenters. The first-order valence-corrected chi connectivity index (χ1v) is 8.45. The SMILES string of the molecule is COc1ccccc1S(=O)(=O)Nc1nc2ccccc2nc1Cl. The zero-order chi connectivity index (χ0) is 16.4. The van der Waals surface area contributed by atoms with Gasteiger partial charge in [-0.25, -0.2) is 18.4 Å². The van der Waals surface area contributed by atoms with Crippen molar-refractivity contribution in [3.63, 3.8) is 0 Å². The van der Waals surface area contributed by atoms with E-state index < -0.39 is 10.0 Å². The van der Waals surface area contributed by atoms with Crippen LogP contribution in [-0.2, 0) is 10.0 Å². The molecule has 0 radical (unpaired) electrons. The van der Waals surface area contributed by atoms with Gasteiger partial charge in [-0.05, 0) is 24.3 Å². The minimum atomic E-state index is -3.91. The molecule has 3 aromatic rings. The molecule has 118 valence electrons. The van der Waals surface area contributed by atoms with Crippen molar-refractivity contribution in [3.05, 3.63) is 53.7 Å². The number of nitrogens with one attached hydrogen (secondary N) is 1. The summed E-state index contributed by atoms with van der Waals surface area (Å²) < 4.78 is 32.5. The minimum Gasteiger partial charge on any atom is -0.495 e. The molecule has 0 aliphatic rings. The standard InChI is InChI=1S/C15H12ClN3O3S/c1-22-12-8-4-5-9-13(12)23(20,21)19-15-14(16)17-10-6-2-3-7-11(10)18-15/h2-9H,1H3,(H,18,19). The summed E-state index contributed by atoms with van der Waals surface area (Å²) >= 11 is 6.04. The van der Waals surface area contributed by atoms with Crippen molar-refractivity contribution in [2.24, 2.45) is 0 Å². The maximum atomic E-state index is 12.6. The predicted octanol–water partition coefficient (Wildman–Crippen LogP) is 3.09. The number of hydrogen-bond acceptors (Lipinski definition) is 5. The van der Waals surface area contributed by atoms with Crippen LogP contribution in [0.5, 0.6) is 5.75 Å². The van der Waals surface area contributed by atoms with Crippen LogP contribution < -0.4 is 9.46 Å². The second-order valence-electron chi connectivity index (χ2n) is 4.61. The van der Waals surface area contributed by atoms with Gasteiger partial charge in [0.25, 0.3) is 10.0 Å². The number of fused-ring (bicyclic) bond motifs is 1. The van der Waals surface area contributed by atoms with Gasteiger partial charge >= 0.3 is 0 Å². The number of nitrogens with zero attached hydrogens (tertiary/aromatic N) is 2. The van der Waals surface area contributed by atoms with Crippen LogP contribution in [0.4, 0.5) is 5.82 Å². The number of rotatable bonds is 4. The van der Waals surface area contributed by atoms with Crippen molar-refractivity contribution < 1.29 is 13.2 Å². The van der Waals surface area contributed by atoms with Gasteiger partial charge in [0.05, 0.1) is 18.1 Å². The summed E-state index contributed by atoms with van der Waals surface area (Å²) in [6.45, 7) is 0. The van der Waals surface area contributed by atoms with E-state index >= 15 is 0 Å². The lowest BCUT2D eigenvalue weighted by Gasteiger charge is -2.11. The Morgan fingerprint density at radius 3 is 2.30 bits per heavy atom. The molecule has 0 aliphatic heterocycles. The molecule has 0 amide bonds. The lowest BCUT2D eigenvalue weighted by molar-refractivity contribution is 0.403. The van der Waals surface area contributed by atoms with Crippen LogP contribution >= 0.6 is 11.6 Å². The second-order valence-corrected chi connectivity index (χ2v) is 6.62. The van der Waals surface area contributed by atoms with Gasteiger partial charge in [0.1, 0.15) is 10.6 Å². The number of hydrogen-bond donors (Lipinski definition) is 1. The molecule has 0 bridgehead atoms. The van der Waals surface area contributed by atoms with Gasteiger partial charge in [-0.2, -0.15) is 0 Å². The summed E-state index contributed by atoms with van der Waals surface area (Å²) in [6, 6.07) is 13.3. The first-order valence-electron chi connectivity index (χ1n) is 6.59. The average Bonchev–Trinajstić information content (AvgIpc) is 2.55. The number of benzene rings is 2. The molecular formula is C15H12ClN3O3S. The smallest absolute Gasteiger partial charge is 0.266 e. The van der Waals surface area contributed by atoms with E-state index in [-0.39, 0.29) is 21.6 Å². The Kier molecular flexibility index (Phi) is 4.06. The number of anilines is 1. The van der Waals surface area contributed by atoms with E-state index in [4.69, 9.17) is 16.3 Å². The quantitative estimate of drug-likeness (QED) is 0.782. The third kappa shape index (κ3) is 3.06. The summed E-state index contributed by atoms with van der Waals surface area (Å²) in [5.41, 5.74) is 1.12. The van der Waals surface area contributed by atoms with Gasteiger partial charge in [0, 0.05) is 0 Å². The second kappa shape index (κ2) is 6.02. The molecular weight excluding hydrogens is 338 g/mol. The summed E-state index contributed by atoms with van der Waals surface area (Å²) in [5.74, 6) is 0.196. The maximum Gasteiger partial charge on any atom is 0.266 e.